The number of carboxylic acids is 1. The summed E-state index contributed by atoms with van der Waals surface area (Å²) in [5.41, 5.74) is 3.17. The fraction of sp³-hybridized carbons (Fsp3) is 0.182. The molecule has 1 aliphatic rings. The average molecular weight is 410 g/mol. The van der Waals surface area contributed by atoms with Crippen LogP contribution in [0.15, 0.2) is 48.5 Å². The molecular weight excluding hydrogens is 391 g/mol. The predicted molar refractivity (Wildman–Crippen MR) is 112 cm³/mol. The zero-order valence-corrected chi connectivity index (χ0v) is 16.6. The number of rotatable bonds is 4. The highest BCUT2D eigenvalue weighted by molar-refractivity contribution is 7.17. The number of aromatic carboxylic acids is 1. The van der Waals surface area contributed by atoms with Crippen molar-refractivity contribution in [2.24, 2.45) is 0 Å². The maximum absolute atomic E-state index is 13.4. The molecule has 0 spiro atoms. The summed E-state index contributed by atoms with van der Waals surface area (Å²) in [5, 5.41) is 12.9. The van der Waals surface area contributed by atoms with E-state index < -0.39 is 5.97 Å². The van der Waals surface area contributed by atoms with Crippen LogP contribution in [0.2, 0.25) is 0 Å². The van der Waals surface area contributed by atoms with Crippen molar-refractivity contribution in [1.29, 1.82) is 0 Å². The van der Waals surface area contributed by atoms with E-state index in [0.29, 0.717) is 30.1 Å². The van der Waals surface area contributed by atoms with E-state index in [-0.39, 0.29) is 17.3 Å². The first-order valence-corrected chi connectivity index (χ1v) is 10.0. The van der Waals surface area contributed by atoms with E-state index in [1.165, 1.54) is 23.5 Å². The van der Waals surface area contributed by atoms with Crippen LogP contribution in [-0.2, 0) is 13.0 Å². The number of hydrogen-bond donors (Lipinski definition) is 2. The number of aryl methyl sites for hydroxylation is 1. The van der Waals surface area contributed by atoms with E-state index in [4.69, 9.17) is 0 Å². The van der Waals surface area contributed by atoms with E-state index in [2.05, 4.69) is 10.2 Å². The number of amides is 1. The molecule has 1 aliphatic heterocycles. The molecule has 0 unspecified atom stereocenters. The topological polar surface area (TPSA) is 69.6 Å². The largest absolute Gasteiger partial charge is 0.478 e. The molecular formula is C22H19FN2O3S. The zero-order chi connectivity index (χ0) is 20.5. The smallest absolute Gasteiger partial charge is 0.339 e. The van der Waals surface area contributed by atoms with Crippen LogP contribution in [0.25, 0.3) is 0 Å². The number of halogens is 1. The van der Waals surface area contributed by atoms with Crippen molar-refractivity contribution in [2.45, 2.75) is 19.9 Å². The Labute approximate surface area is 171 Å². The van der Waals surface area contributed by atoms with Crippen LogP contribution in [0.4, 0.5) is 15.1 Å². The predicted octanol–water partition coefficient (Wildman–Crippen LogP) is 4.71. The molecule has 4 rings (SSSR count). The summed E-state index contributed by atoms with van der Waals surface area (Å²) < 4.78 is 13.4. The first-order chi connectivity index (χ1) is 13.9. The van der Waals surface area contributed by atoms with Gasteiger partial charge in [0.15, 0.2) is 0 Å². The highest BCUT2D eigenvalue weighted by atomic mass is 32.1. The molecule has 5 nitrogen and oxygen atoms in total. The number of anilines is 2. The Bertz CT molecular complexity index is 1090. The molecule has 2 heterocycles. The van der Waals surface area contributed by atoms with Crippen molar-refractivity contribution in [3.05, 3.63) is 81.5 Å². The molecule has 0 radical (unpaired) electrons. The summed E-state index contributed by atoms with van der Waals surface area (Å²) in [5.74, 6) is -1.66. The van der Waals surface area contributed by atoms with Crippen LogP contribution in [0.3, 0.4) is 0 Å². The van der Waals surface area contributed by atoms with Crippen LogP contribution in [0, 0.1) is 12.7 Å². The summed E-state index contributed by atoms with van der Waals surface area (Å²) in [4.78, 5) is 27.5. The minimum Gasteiger partial charge on any atom is -0.478 e. The Morgan fingerprint density at radius 3 is 2.62 bits per heavy atom. The highest BCUT2D eigenvalue weighted by Gasteiger charge is 2.29. The van der Waals surface area contributed by atoms with Crippen molar-refractivity contribution >= 4 is 33.9 Å². The number of hydrogen-bond acceptors (Lipinski definition) is 4. The minimum absolute atomic E-state index is 0.171. The molecule has 1 aromatic heterocycles. The highest BCUT2D eigenvalue weighted by Crippen LogP contribution is 2.39. The number of carbonyl (C=O) groups is 2. The summed E-state index contributed by atoms with van der Waals surface area (Å²) in [7, 11) is 0. The van der Waals surface area contributed by atoms with Crippen molar-refractivity contribution in [3.8, 4) is 0 Å². The first kappa shape index (κ1) is 19.1. The van der Waals surface area contributed by atoms with Crippen LogP contribution < -0.4 is 10.2 Å². The molecule has 29 heavy (non-hydrogen) atoms. The van der Waals surface area contributed by atoms with Crippen LogP contribution in [-0.4, -0.2) is 23.5 Å². The van der Waals surface area contributed by atoms with Gasteiger partial charge >= 0.3 is 5.97 Å². The Morgan fingerprint density at radius 1 is 1.17 bits per heavy atom. The molecule has 7 heteroatoms. The number of thiophene rings is 1. The molecule has 0 saturated carbocycles. The molecule has 0 aliphatic carbocycles. The van der Waals surface area contributed by atoms with E-state index in [1.54, 1.807) is 30.3 Å². The second kappa shape index (κ2) is 7.67. The Balaban J connectivity index is 1.64. The van der Waals surface area contributed by atoms with Gasteiger partial charge in [-0.15, -0.1) is 11.3 Å². The van der Waals surface area contributed by atoms with E-state index in [1.807, 2.05) is 13.0 Å². The van der Waals surface area contributed by atoms with Gasteiger partial charge in [0.05, 0.1) is 12.1 Å². The lowest BCUT2D eigenvalue weighted by Crippen LogP contribution is -2.30. The SMILES string of the molecule is Cc1cc(F)ccc1N1CCc2c(sc(NC(=O)c3ccccc3)c2C(=O)O)C1. The monoisotopic (exact) mass is 410 g/mol. The number of benzene rings is 2. The van der Waals surface area contributed by atoms with E-state index in [9.17, 15) is 19.1 Å². The Morgan fingerprint density at radius 2 is 1.93 bits per heavy atom. The van der Waals surface area contributed by atoms with E-state index >= 15 is 0 Å². The molecule has 0 fully saturated rings. The molecule has 2 aromatic carbocycles. The average Bonchev–Trinajstić information content (AvgIpc) is 3.05. The number of fused-ring (bicyclic) bond motifs is 1. The molecule has 2 N–H and O–H groups in total. The minimum atomic E-state index is -1.04. The summed E-state index contributed by atoms with van der Waals surface area (Å²) in [6, 6.07) is 13.4. The van der Waals surface area contributed by atoms with Gasteiger partial charge in [0.1, 0.15) is 10.8 Å². The second-order valence-electron chi connectivity index (χ2n) is 6.94. The van der Waals surface area contributed by atoms with Gasteiger partial charge in [-0.2, -0.15) is 0 Å². The number of carbonyl (C=O) groups excluding carboxylic acids is 1. The maximum atomic E-state index is 13.4. The van der Waals surface area contributed by atoms with Gasteiger partial charge in [-0.05, 0) is 54.8 Å². The van der Waals surface area contributed by atoms with Gasteiger partial charge in [-0.3, -0.25) is 4.79 Å². The van der Waals surface area contributed by atoms with Crippen molar-refractivity contribution in [3.63, 3.8) is 0 Å². The standard InChI is InChI=1S/C22H19FN2O3S/c1-13-11-15(23)7-8-17(13)25-10-9-16-18(12-25)29-21(19(16)22(27)28)24-20(26)14-5-3-2-4-6-14/h2-8,11H,9-10,12H2,1H3,(H,24,26)(H,27,28). The quantitative estimate of drug-likeness (QED) is 0.654. The molecule has 0 bridgehead atoms. The number of nitrogens with zero attached hydrogens (tertiary/aromatic N) is 1. The maximum Gasteiger partial charge on any atom is 0.339 e. The number of carboxylic acid groups (broad SMARTS) is 1. The molecule has 1 amide bonds. The fourth-order valence-electron chi connectivity index (χ4n) is 3.66. The third-order valence-electron chi connectivity index (χ3n) is 5.03. The normalized spacial score (nSPS) is 13.1. The third-order valence-corrected chi connectivity index (χ3v) is 6.17. The van der Waals surface area contributed by atoms with E-state index in [0.717, 1.165) is 21.7 Å². The van der Waals surface area contributed by atoms with Crippen LogP contribution in [0.5, 0.6) is 0 Å². The molecule has 0 saturated heterocycles. The lowest BCUT2D eigenvalue weighted by Gasteiger charge is -2.30. The van der Waals surface area contributed by atoms with Gasteiger partial charge in [-0.1, -0.05) is 18.2 Å². The lowest BCUT2D eigenvalue weighted by molar-refractivity contribution is 0.0697. The van der Waals surface area contributed by atoms with Crippen molar-refractivity contribution in [2.75, 3.05) is 16.8 Å². The van der Waals surface area contributed by atoms with Crippen LogP contribution >= 0.6 is 11.3 Å². The second-order valence-corrected chi connectivity index (χ2v) is 8.04. The molecule has 3 aromatic rings. The van der Waals surface area contributed by atoms with Gasteiger partial charge in [0.25, 0.3) is 5.91 Å². The van der Waals surface area contributed by atoms with Gasteiger partial charge in [0.2, 0.25) is 0 Å². The lowest BCUT2D eigenvalue weighted by atomic mass is 10.0. The Hall–Kier alpha value is -3.19. The third kappa shape index (κ3) is 3.73. The first-order valence-electron chi connectivity index (χ1n) is 9.19. The molecule has 148 valence electrons. The fourth-order valence-corrected chi connectivity index (χ4v) is 4.91. The number of nitrogens with one attached hydrogen (secondary N) is 1. The Kier molecular flexibility index (Phi) is 5.07. The van der Waals surface area contributed by atoms with Gasteiger partial charge in [-0.25, -0.2) is 9.18 Å². The zero-order valence-electron chi connectivity index (χ0n) is 15.7. The van der Waals surface area contributed by atoms with Crippen LogP contribution in [0.1, 0.15) is 36.7 Å². The summed E-state index contributed by atoms with van der Waals surface area (Å²) in [6.07, 6.45) is 0.547. The van der Waals surface area contributed by atoms with Gasteiger partial charge in [0, 0.05) is 22.7 Å². The van der Waals surface area contributed by atoms with Crippen molar-refractivity contribution < 1.29 is 19.1 Å². The van der Waals surface area contributed by atoms with Crippen molar-refractivity contribution in [1.82, 2.24) is 0 Å². The summed E-state index contributed by atoms with van der Waals surface area (Å²) in [6.45, 7) is 3.01. The molecule has 0 atom stereocenters. The summed E-state index contributed by atoms with van der Waals surface area (Å²) >= 11 is 1.29. The van der Waals surface area contributed by atoms with Gasteiger partial charge < -0.3 is 15.3 Å².